The van der Waals surface area contributed by atoms with Crippen molar-refractivity contribution in [2.45, 2.75) is 58.1 Å². The summed E-state index contributed by atoms with van der Waals surface area (Å²) in [6.07, 6.45) is 3.85. The molecule has 0 aliphatic heterocycles. The number of carboxylic acids is 1. The fourth-order valence-electron chi connectivity index (χ4n) is 2.91. The Morgan fingerprint density at radius 1 is 1.33 bits per heavy atom. The predicted octanol–water partition coefficient (Wildman–Crippen LogP) is 1.99. The number of urea groups is 1. The second kappa shape index (κ2) is 8.87. The van der Waals surface area contributed by atoms with Crippen LogP contribution < -0.4 is 10.6 Å². The third-order valence-electron chi connectivity index (χ3n) is 3.87. The van der Waals surface area contributed by atoms with Crippen LogP contribution in [0.2, 0.25) is 0 Å². The van der Waals surface area contributed by atoms with Gasteiger partial charge in [-0.15, -0.1) is 0 Å². The van der Waals surface area contributed by atoms with E-state index in [1.165, 1.54) is 0 Å². The first-order valence-corrected chi connectivity index (χ1v) is 7.69. The maximum atomic E-state index is 11.9. The third kappa shape index (κ3) is 7.32. The molecule has 0 radical (unpaired) electrons. The Kier molecular flexibility index (Phi) is 7.50. The lowest BCUT2D eigenvalue weighted by Gasteiger charge is -2.19. The van der Waals surface area contributed by atoms with Gasteiger partial charge in [0.15, 0.2) is 0 Å². The average Bonchev–Trinajstić information content (AvgIpc) is 2.82. The van der Waals surface area contributed by atoms with Crippen molar-refractivity contribution in [3.8, 4) is 0 Å². The summed E-state index contributed by atoms with van der Waals surface area (Å²) in [5.74, 6) is -0.429. The van der Waals surface area contributed by atoms with Gasteiger partial charge in [0.1, 0.15) is 0 Å². The molecule has 1 saturated carbocycles. The van der Waals surface area contributed by atoms with Crippen LogP contribution >= 0.6 is 0 Å². The number of hydrogen-bond acceptors (Lipinski definition) is 3. The second-order valence-electron chi connectivity index (χ2n) is 6.32. The van der Waals surface area contributed by atoms with Crippen LogP contribution in [0.3, 0.4) is 0 Å². The molecule has 2 unspecified atom stereocenters. The van der Waals surface area contributed by atoms with Gasteiger partial charge < -0.3 is 20.5 Å². The summed E-state index contributed by atoms with van der Waals surface area (Å²) in [6, 6.07) is -0.0612. The van der Waals surface area contributed by atoms with Gasteiger partial charge in [-0.05, 0) is 37.5 Å². The monoisotopic (exact) mass is 300 g/mol. The number of hydrogen-bond donors (Lipinski definition) is 3. The first-order chi connectivity index (χ1) is 9.90. The van der Waals surface area contributed by atoms with Crippen molar-refractivity contribution in [2.24, 2.45) is 11.8 Å². The summed E-state index contributed by atoms with van der Waals surface area (Å²) in [5.41, 5.74) is 0. The fraction of sp³-hybridized carbons (Fsp3) is 0.867. The molecule has 1 rings (SSSR count). The van der Waals surface area contributed by atoms with Crippen LogP contribution in [0.25, 0.3) is 0 Å². The van der Waals surface area contributed by atoms with Crippen molar-refractivity contribution in [3.05, 3.63) is 0 Å². The quantitative estimate of drug-likeness (QED) is 0.639. The first-order valence-electron chi connectivity index (χ1n) is 7.69. The largest absolute Gasteiger partial charge is 0.481 e. The highest BCUT2D eigenvalue weighted by Crippen LogP contribution is 2.21. The lowest BCUT2D eigenvalue weighted by molar-refractivity contribution is -0.138. The van der Waals surface area contributed by atoms with E-state index in [-0.39, 0.29) is 30.5 Å². The molecule has 0 aromatic rings. The molecule has 0 aromatic carbocycles. The lowest BCUT2D eigenvalue weighted by atomic mass is 9.94. The van der Waals surface area contributed by atoms with Gasteiger partial charge in [-0.25, -0.2) is 4.79 Å². The molecule has 0 aromatic heterocycles. The highest BCUT2D eigenvalue weighted by Gasteiger charge is 2.25. The molecule has 0 bridgehead atoms. The normalized spacial score (nSPS) is 23.0. The van der Waals surface area contributed by atoms with Gasteiger partial charge in [0.05, 0.1) is 6.10 Å². The van der Waals surface area contributed by atoms with Crippen LogP contribution in [0.15, 0.2) is 0 Å². The number of carbonyl (C=O) groups excluding carboxylic acids is 1. The number of carboxylic acid groups (broad SMARTS) is 1. The Morgan fingerprint density at radius 3 is 2.57 bits per heavy atom. The van der Waals surface area contributed by atoms with E-state index in [0.717, 1.165) is 25.7 Å². The van der Waals surface area contributed by atoms with Gasteiger partial charge in [0.25, 0.3) is 0 Å². The number of ether oxygens (including phenoxy) is 1. The van der Waals surface area contributed by atoms with Crippen molar-refractivity contribution < 1.29 is 19.4 Å². The smallest absolute Gasteiger partial charge is 0.315 e. The van der Waals surface area contributed by atoms with Gasteiger partial charge in [0, 0.05) is 26.1 Å². The average molecular weight is 300 g/mol. The van der Waals surface area contributed by atoms with Crippen LogP contribution in [-0.2, 0) is 9.53 Å². The van der Waals surface area contributed by atoms with Crippen molar-refractivity contribution in [3.63, 3.8) is 0 Å². The Hall–Kier alpha value is -1.30. The number of amides is 2. The van der Waals surface area contributed by atoms with Crippen molar-refractivity contribution in [2.75, 3.05) is 13.7 Å². The van der Waals surface area contributed by atoms with Gasteiger partial charge in [0.2, 0.25) is 0 Å². The molecule has 122 valence electrons. The van der Waals surface area contributed by atoms with Gasteiger partial charge >= 0.3 is 12.0 Å². The summed E-state index contributed by atoms with van der Waals surface area (Å²) in [5, 5.41) is 14.6. The van der Waals surface area contributed by atoms with E-state index in [9.17, 15) is 9.59 Å². The van der Waals surface area contributed by atoms with Gasteiger partial charge in [-0.2, -0.15) is 0 Å². The zero-order valence-corrected chi connectivity index (χ0v) is 13.2. The van der Waals surface area contributed by atoms with Gasteiger partial charge in [-0.3, -0.25) is 4.79 Å². The van der Waals surface area contributed by atoms with Crippen molar-refractivity contribution in [1.82, 2.24) is 10.6 Å². The topological polar surface area (TPSA) is 87.7 Å². The van der Waals surface area contributed by atoms with Crippen molar-refractivity contribution in [1.29, 1.82) is 0 Å². The fourth-order valence-corrected chi connectivity index (χ4v) is 2.91. The second-order valence-corrected chi connectivity index (χ2v) is 6.32. The molecule has 1 aliphatic carbocycles. The van der Waals surface area contributed by atoms with Gasteiger partial charge in [-0.1, -0.05) is 13.8 Å². The summed E-state index contributed by atoms with van der Waals surface area (Å²) in [4.78, 5) is 22.7. The van der Waals surface area contributed by atoms with Crippen LogP contribution in [-0.4, -0.2) is 42.9 Å². The lowest BCUT2D eigenvalue weighted by Crippen LogP contribution is -2.43. The van der Waals surface area contributed by atoms with E-state index in [1.807, 2.05) is 0 Å². The Labute approximate surface area is 126 Å². The number of carbonyl (C=O) groups is 2. The summed E-state index contributed by atoms with van der Waals surface area (Å²) < 4.78 is 5.27. The molecular weight excluding hydrogens is 272 g/mol. The zero-order chi connectivity index (χ0) is 15.8. The van der Waals surface area contributed by atoms with E-state index in [1.54, 1.807) is 7.11 Å². The van der Waals surface area contributed by atoms with Crippen LogP contribution in [0, 0.1) is 11.8 Å². The molecule has 3 N–H and O–H groups in total. The number of nitrogens with one attached hydrogen (secondary N) is 2. The minimum Gasteiger partial charge on any atom is -0.481 e. The Morgan fingerprint density at radius 2 is 2.05 bits per heavy atom. The molecule has 1 fully saturated rings. The molecular formula is C15H28N2O4. The third-order valence-corrected chi connectivity index (χ3v) is 3.87. The van der Waals surface area contributed by atoms with E-state index < -0.39 is 5.97 Å². The molecule has 0 spiro atoms. The highest BCUT2D eigenvalue weighted by atomic mass is 16.5. The SMILES string of the molecule is COC1CCC(NC(=O)NC[C@H](CC(=O)O)CC(C)C)C1. The zero-order valence-electron chi connectivity index (χ0n) is 13.2. The summed E-state index contributed by atoms with van der Waals surface area (Å²) >= 11 is 0. The number of methoxy groups -OCH3 is 1. The Bertz CT molecular complexity index is 347. The maximum absolute atomic E-state index is 11.9. The van der Waals surface area contributed by atoms with Crippen LogP contribution in [0.4, 0.5) is 4.79 Å². The maximum Gasteiger partial charge on any atom is 0.315 e. The minimum absolute atomic E-state index is 0.0245. The molecule has 6 heteroatoms. The molecule has 2 amide bonds. The summed E-state index contributed by atoms with van der Waals surface area (Å²) in [6.45, 7) is 4.51. The molecule has 6 nitrogen and oxygen atoms in total. The van der Waals surface area contributed by atoms with Crippen molar-refractivity contribution >= 4 is 12.0 Å². The summed E-state index contributed by atoms with van der Waals surface area (Å²) in [7, 11) is 1.69. The Balaban J connectivity index is 2.30. The molecule has 1 aliphatic rings. The first kappa shape index (κ1) is 17.8. The predicted molar refractivity (Wildman–Crippen MR) is 80.2 cm³/mol. The molecule has 0 heterocycles. The number of aliphatic carboxylic acids is 1. The number of rotatable bonds is 8. The van der Waals surface area contributed by atoms with E-state index in [2.05, 4.69) is 24.5 Å². The standard InChI is InChI=1S/C15H28N2O4/c1-10(2)6-11(7-14(18)19)9-16-15(20)17-12-4-5-13(8-12)21-3/h10-13H,4-9H2,1-3H3,(H,18,19)(H2,16,17,20)/t11-,12?,13?/m0/s1. The van der Waals surface area contributed by atoms with E-state index >= 15 is 0 Å². The molecule has 3 atom stereocenters. The molecule has 21 heavy (non-hydrogen) atoms. The highest BCUT2D eigenvalue weighted by molar-refractivity contribution is 5.74. The minimum atomic E-state index is -0.818. The van der Waals surface area contributed by atoms with E-state index in [4.69, 9.17) is 9.84 Å². The van der Waals surface area contributed by atoms with Crippen LogP contribution in [0.5, 0.6) is 0 Å². The van der Waals surface area contributed by atoms with Crippen LogP contribution in [0.1, 0.15) is 46.0 Å². The molecule has 0 saturated heterocycles. The van der Waals surface area contributed by atoms with E-state index in [0.29, 0.717) is 12.5 Å².